The molecule has 0 spiro atoms. The molecule has 1 aromatic rings. The second-order valence-corrected chi connectivity index (χ2v) is 10.5. The van der Waals surface area contributed by atoms with Crippen LogP contribution in [0.2, 0.25) is 0 Å². The Morgan fingerprint density at radius 2 is 1.71 bits per heavy atom. The maximum Gasteiger partial charge on any atom is 0.451 e. The summed E-state index contributed by atoms with van der Waals surface area (Å²) in [4.78, 5) is 35.4. The number of halogens is 3. The van der Waals surface area contributed by atoms with E-state index in [1.165, 1.54) is 0 Å². The van der Waals surface area contributed by atoms with Gasteiger partial charge in [-0.2, -0.15) is 13.2 Å². The van der Waals surface area contributed by atoms with Crippen molar-refractivity contribution in [3.8, 4) is 0 Å². The molecule has 3 heterocycles. The number of carbonyl (C=O) groups is 2. The summed E-state index contributed by atoms with van der Waals surface area (Å²) < 4.78 is 46.6. The fourth-order valence-corrected chi connectivity index (χ4v) is 4.73. The molecule has 2 aliphatic rings. The summed E-state index contributed by atoms with van der Waals surface area (Å²) in [6.45, 7) is 8.77. The van der Waals surface area contributed by atoms with E-state index in [1.807, 2.05) is 11.8 Å². The summed E-state index contributed by atoms with van der Waals surface area (Å²) in [5.41, 5.74) is -0.687. The van der Waals surface area contributed by atoms with Crippen LogP contribution in [0.5, 0.6) is 0 Å². The normalized spacial score (nSPS) is 19.8. The number of aromatic nitrogens is 2. The summed E-state index contributed by atoms with van der Waals surface area (Å²) in [7, 11) is 0. The van der Waals surface area contributed by atoms with E-state index in [9.17, 15) is 22.8 Å². The molecule has 1 atom stereocenters. The number of hydrogen-bond donors (Lipinski definition) is 0. The first-order valence-corrected chi connectivity index (χ1v) is 12.6. The van der Waals surface area contributed by atoms with Gasteiger partial charge < -0.3 is 14.5 Å². The molecule has 196 valence electrons. The van der Waals surface area contributed by atoms with Crippen LogP contribution < -0.4 is 9.80 Å². The van der Waals surface area contributed by atoms with Crippen molar-refractivity contribution in [2.75, 3.05) is 29.4 Å². The van der Waals surface area contributed by atoms with Crippen molar-refractivity contribution < 1.29 is 27.5 Å². The van der Waals surface area contributed by atoms with E-state index in [2.05, 4.69) is 9.97 Å². The van der Waals surface area contributed by atoms with Crippen LogP contribution in [0.15, 0.2) is 6.07 Å². The molecule has 0 amide bonds. The number of Topliss-reactive ketones (excluding diaryl/α,β-unsaturated/α-hetero) is 1. The fraction of sp³-hybridized carbons (Fsp3) is 0.760. The molecular weight excluding hydrogens is 461 g/mol. The average Bonchev–Trinajstić information content (AvgIpc) is 3.28. The molecule has 0 saturated carbocycles. The number of ketones is 1. The van der Waals surface area contributed by atoms with Crippen molar-refractivity contribution in [2.24, 2.45) is 5.92 Å². The van der Waals surface area contributed by atoms with E-state index in [-0.39, 0.29) is 17.4 Å². The highest BCUT2D eigenvalue weighted by Gasteiger charge is 2.39. The number of carbonyl (C=O) groups excluding carboxylic acids is 2. The predicted molar refractivity (Wildman–Crippen MR) is 127 cm³/mol. The maximum absolute atomic E-state index is 13.7. The quantitative estimate of drug-likeness (QED) is 0.458. The summed E-state index contributed by atoms with van der Waals surface area (Å²) in [5.74, 6) is -0.588. The third-order valence-corrected chi connectivity index (χ3v) is 6.58. The van der Waals surface area contributed by atoms with Crippen LogP contribution in [-0.4, -0.2) is 53.0 Å². The van der Waals surface area contributed by atoms with Crippen LogP contribution >= 0.6 is 0 Å². The Bertz CT molecular complexity index is 893. The van der Waals surface area contributed by atoms with Crippen LogP contribution in [0.4, 0.5) is 24.8 Å². The molecule has 0 N–H and O–H groups in total. The standard InChI is InChI=1S/C25H37F3N4O3/c1-5-18(33)9-6-8-17-11-14-31(15-12-17)20-16-21(30-23(29-20)25(26,27)28)32-13-7-10-19(32)22(34)35-24(2,3)4/h16-17,19H,5-15H2,1-4H3/t19-/m0/s1. The summed E-state index contributed by atoms with van der Waals surface area (Å²) in [6.07, 6.45) is 1.10. The van der Waals surface area contributed by atoms with Crippen LogP contribution in [0.25, 0.3) is 0 Å². The molecule has 2 saturated heterocycles. The van der Waals surface area contributed by atoms with Crippen molar-refractivity contribution in [1.82, 2.24) is 9.97 Å². The summed E-state index contributed by atoms with van der Waals surface area (Å²) >= 11 is 0. The number of alkyl halides is 3. The molecule has 0 radical (unpaired) electrons. The lowest BCUT2D eigenvalue weighted by Crippen LogP contribution is -2.41. The van der Waals surface area contributed by atoms with Gasteiger partial charge in [0.25, 0.3) is 0 Å². The first kappa shape index (κ1) is 27.2. The summed E-state index contributed by atoms with van der Waals surface area (Å²) in [6, 6.07) is 0.896. The van der Waals surface area contributed by atoms with Gasteiger partial charge in [-0.1, -0.05) is 6.92 Å². The van der Waals surface area contributed by atoms with Gasteiger partial charge in [0, 0.05) is 38.5 Å². The van der Waals surface area contributed by atoms with E-state index >= 15 is 0 Å². The molecule has 2 aliphatic heterocycles. The number of nitrogens with zero attached hydrogens (tertiary/aromatic N) is 4. The highest BCUT2D eigenvalue weighted by atomic mass is 19.4. The monoisotopic (exact) mass is 498 g/mol. The van der Waals surface area contributed by atoms with Crippen molar-refractivity contribution in [3.05, 3.63) is 11.9 Å². The van der Waals surface area contributed by atoms with Gasteiger partial charge in [-0.3, -0.25) is 4.79 Å². The molecule has 1 aromatic heterocycles. The van der Waals surface area contributed by atoms with Gasteiger partial charge in [-0.25, -0.2) is 14.8 Å². The molecule has 2 fully saturated rings. The third-order valence-electron chi connectivity index (χ3n) is 6.58. The Balaban J connectivity index is 1.75. The van der Waals surface area contributed by atoms with Gasteiger partial charge >= 0.3 is 12.1 Å². The van der Waals surface area contributed by atoms with Crippen LogP contribution in [0, 0.1) is 5.92 Å². The van der Waals surface area contributed by atoms with Gasteiger partial charge in [0.2, 0.25) is 5.82 Å². The molecule has 10 heteroatoms. The molecule has 3 rings (SSSR count). The smallest absolute Gasteiger partial charge is 0.451 e. The minimum atomic E-state index is -4.70. The first-order chi connectivity index (χ1) is 16.4. The molecule has 0 bridgehead atoms. The molecule has 0 aromatic carbocycles. The Morgan fingerprint density at radius 3 is 2.31 bits per heavy atom. The van der Waals surface area contributed by atoms with Crippen LogP contribution in [0.3, 0.4) is 0 Å². The Hall–Kier alpha value is -2.39. The van der Waals surface area contributed by atoms with Crippen molar-refractivity contribution >= 4 is 23.4 Å². The van der Waals surface area contributed by atoms with E-state index in [0.29, 0.717) is 51.2 Å². The number of rotatable bonds is 8. The van der Waals surface area contributed by atoms with Gasteiger partial charge in [0.05, 0.1) is 0 Å². The average molecular weight is 499 g/mol. The third kappa shape index (κ3) is 7.54. The molecular formula is C25H37F3N4O3. The van der Waals surface area contributed by atoms with Crippen molar-refractivity contribution in [2.45, 2.75) is 96.9 Å². The topological polar surface area (TPSA) is 75.6 Å². The number of ether oxygens (including phenoxy) is 1. The minimum absolute atomic E-state index is 0.107. The lowest BCUT2D eigenvalue weighted by Gasteiger charge is -2.34. The van der Waals surface area contributed by atoms with Gasteiger partial charge in [-0.05, 0) is 65.2 Å². The zero-order valence-corrected chi connectivity index (χ0v) is 21.2. The number of anilines is 2. The number of hydrogen-bond acceptors (Lipinski definition) is 7. The molecule has 0 aliphatic carbocycles. The highest BCUT2D eigenvalue weighted by molar-refractivity contribution is 5.81. The van der Waals surface area contributed by atoms with E-state index in [1.54, 1.807) is 31.7 Å². The number of piperidine rings is 1. The van der Waals surface area contributed by atoms with Crippen LogP contribution in [0.1, 0.15) is 84.9 Å². The lowest BCUT2D eigenvalue weighted by atomic mass is 9.91. The van der Waals surface area contributed by atoms with Crippen molar-refractivity contribution in [3.63, 3.8) is 0 Å². The Labute approximate surface area is 205 Å². The van der Waals surface area contributed by atoms with Gasteiger partial charge in [-0.15, -0.1) is 0 Å². The largest absolute Gasteiger partial charge is 0.458 e. The highest BCUT2D eigenvalue weighted by Crippen LogP contribution is 2.34. The lowest BCUT2D eigenvalue weighted by molar-refractivity contribution is -0.156. The molecule has 0 unspecified atom stereocenters. The predicted octanol–water partition coefficient (Wildman–Crippen LogP) is 5.17. The second kappa shape index (κ2) is 11.1. The van der Waals surface area contributed by atoms with Crippen LogP contribution in [-0.2, 0) is 20.5 Å². The van der Waals surface area contributed by atoms with E-state index in [4.69, 9.17) is 4.74 Å². The second-order valence-electron chi connectivity index (χ2n) is 10.5. The van der Waals surface area contributed by atoms with E-state index < -0.39 is 29.6 Å². The maximum atomic E-state index is 13.7. The van der Waals surface area contributed by atoms with Gasteiger partial charge in [0.1, 0.15) is 29.1 Å². The van der Waals surface area contributed by atoms with Crippen molar-refractivity contribution in [1.29, 1.82) is 0 Å². The van der Waals surface area contributed by atoms with E-state index in [0.717, 1.165) is 25.7 Å². The SMILES string of the molecule is CCC(=O)CCCC1CCN(c2cc(N3CCC[C@H]3C(=O)OC(C)(C)C)nc(C(F)(F)F)n2)CC1. The fourth-order valence-electron chi connectivity index (χ4n) is 4.73. The Kier molecular flexibility index (Phi) is 8.64. The zero-order valence-electron chi connectivity index (χ0n) is 21.2. The zero-order chi connectivity index (χ0) is 25.8. The van der Waals surface area contributed by atoms with Gasteiger partial charge in [0.15, 0.2) is 0 Å². The molecule has 7 nitrogen and oxygen atoms in total. The first-order valence-electron chi connectivity index (χ1n) is 12.6. The summed E-state index contributed by atoms with van der Waals surface area (Å²) in [5, 5.41) is 0. The minimum Gasteiger partial charge on any atom is -0.458 e. The molecule has 35 heavy (non-hydrogen) atoms. The Morgan fingerprint density at radius 1 is 1.06 bits per heavy atom. The number of esters is 1.